The number of hydrogen-bond donors (Lipinski definition) is 1. The number of hydrogen-bond acceptors (Lipinski definition) is 3. The summed E-state index contributed by atoms with van der Waals surface area (Å²) in [4.78, 5) is 9.47. The number of nitrogens with one attached hydrogen (secondary N) is 1. The summed E-state index contributed by atoms with van der Waals surface area (Å²) >= 11 is 0. The molecule has 19 heavy (non-hydrogen) atoms. The van der Waals surface area contributed by atoms with Crippen molar-refractivity contribution in [3.63, 3.8) is 0 Å². The van der Waals surface area contributed by atoms with Gasteiger partial charge in [-0.15, -0.1) is 0 Å². The van der Waals surface area contributed by atoms with Gasteiger partial charge < -0.3 is 5.32 Å². The van der Waals surface area contributed by atoms with Crippen molar-refractivity contribution >= 4 is 5.82 Å². The van der Waals surface area contributed by atoms with Crippen LogP contribution in [0, 0.1) is 5.41 Å². The van der Waals surface area contributed by atoms with Gasteiger partial charge in [0.05, 0.1) is 0 Å². The molecule has 0 bridgehead atoms. The first-order valence-corrected chi connectivity index (χ1v) is 7.66. The quantitative estimate of drug-likeness (QED) is 0.884. The minimum absolute atomic E-state index is 0.503. The van der Waals surface area contributed by atoms with Gasteiger partial charge in [0.2, 0.25) is 0 Å². The lowest BCUT2D eigenvalue weighted by Gasteiger charge is -2.33. The predicted octanol–water partition coefficient (Wildman–Crippen LogP) is 4.15. The average Bonchev–Trinajstić information content (AvgIpc) is 2.38. The topological polar surface area (TPSA) is 37.8 Å². The van der Waals surface area contributed by atoms with Gasteiger partial charge in [0.1, 0.15) is 11.6 Å². The van der Waals surface area contributed by atoms with Crippen LogP contribution in [0.25, 0.3) is 0 Å². The van der Waals surface area contributed by atoms with Crippen molar-refractivity contribution < 1.29 is 0 Å². The molecule has 1 saturated carbocycles. The molecule has 3 nitrogen and oxygen atoms in total. The minimum Gasteiger partial charge on any atom is -0.370 e. The van der Waals surface area contributed by atoms with Crippen LogP contribution in [-0.4, -0.2) is 16.5 Å². The number of aromatic nitrogens is 2. The van der Waals surface area contributed by atoms with Crippen LogP contribution in [0.1, 0.15) is 70.8 Å². The number of aryl methyl sites for hydroxylation is 1. The maximum Gasteiger partial charge on any atom is 0.134 e. The molecule has 0 amide bonds. The highest BCUT2D eigenvalue weighted by atomic mass is 15.0. The molecule has 1 heterocycles. The molecule has 2 rings (SSSR count). The molecular formula is C16H27N3. The Hall–Kier alpha value is -1.12. The monoisotopic (exact) mass is 261 g/mol. The summed E-state index contributed by atoms with van der Waals surface area (Å²) in [5.74, 6) is 2.61. The van der Waals surface area contributed by atoms with E-state index in [1.165, 1.54) is 25.7 Å². The molecule has 0 aromatic carbocycles. The first-order valence-electron chi connectivity index (χ1n) is 7.66. The van der Waals surface area contributed by atoms with E-state index in [1.807, 2.05) is 0 Å². The summed E-state index contributed by atoms with van der Waals surface area (Å²) in [6.45, 7) is 9.92. The average molecular weight is 261 g/mol. The third-order valence-electron chi connectivity index (χ3n) is 4.22. The summed E-state index contributed by atoms with van der Waals surface area (Å²) in [7, 11) is 0. The van der Waals surface area contributed by atoms with Crippen molar-refractivity contribution in [2.24, 2.45) is 5.41 Å². The predicted molar refractivity (Wildman–Crippen MR) is 80.6 cm³/mol. The fourth-order valence-electron chi connectivity index (χ4n) is 2.81. The van der Waals surface area contributed by atoms with Crippen LogP contribution in [0.4, 0.5) is 5.82 Å². The highest BCUT2D eigenvalue weighted by molar-refractivity contribution is 5.36. The van der Waals surface area contributed by atoms with Gasteiger partial charge in [-0.2, -0.15) is 0 Å². The molecule has 1 aromatic heterocycles. The first kappa shape index (κ1) is 14.3. The third-order valence-corrected chi connectivity index (χ3v) is 4.22. The molecule has 0 atom stereocenters. The van der Waals surface area contributed by atoms with E-state index in [1.54, 1.807) is 0 Å². The van der Waals surface area contributed by atoms with E-state index in [9.17, 15) is 0 Å². The van der Waals surface area contributed by atoms with Gasteiger partial charge in [0, 0.05) is 24.2 Å². The Morgan fingerprint density at radius 1 is 1.21 bits per heavy atom. The maximum absolute atomic E-state index is 4.75. The molecule has 106 valence electrons. The molecule has 1 N–H and O–H groups in total. The van der Waals surface area contributed by atoms with Crippen LogP contribution in [0.15, 0.2) is 6.07 Å². The molecule has 0 radical (unpaired) electrons. The van der Waals surface area contributed by atoms with E-state index in [0.29, 0.717) is 11.3 Å². The molecule has 1 aliphatic carbocycles. The lowest BCUT2D eigenvalue weighted by atomic mass is 9.73. The zero-order valence-corrected chi connectivity index (χ0v) is 12.8. The van der Waals surface area contributed by atoms with Crippen molar-refractivity contribution in [3.05, 3.63) is 17.6 Å². The lowest BCUT2D eigenvalue weighted by molar-refractivity contribution is 0.220. The van der Waals surface area contributed by atoms with Crippen molar-refractivity contribution in [3.8, 4) is 0 Å². The van der Waals surface area contributed by atoms with Crippen molar-refractivity contribution in [1.29, 1.82) is 0 Å². The SMILES string of the molecule is CCNc1cc(CC)nc(C2CCC(C)(C)CC2)n1. The number of anilines is 1. The number of rotatable bonds is 4. The van der Waals surface area contributed by atoms with E-state index >= 15 is 0 Å². The lowest BCUT2D eigenvalue weighted by Crippen LogP contribution is -2.22. The van der Waals surface area contributed by atoms with Crippen LogP contribution in [-0.2, 0) is 6.42 Å². The molecule has 1 aromatic rings. The fourth-order valence-corrected chi connectivity index (χ4v) is 2.81. The summed E-state index contributed by atoms with van der Waals surface area (Å²) in [5, 5.41) is 3.33. The van der Waals surface area contributed by atoms with Crippen molar-refractivity contribution in [2.75, 3.05) is 11.9 Å². The van der Waals surface area contributed by atoms with Crippen LogP contribution < -0.4 is 5.32 Å². The summed E-state index contributed by atoms with van der Waals surface area (Å²) in [5.41, 5.74) is 1.66. The Kier molecular flexibility index (Phi) is 4.43. The first-order chi connectivity index (χ1) is 9.04. The maximum atomic E-state index is 4.75. The fraction of sp³-hybridized carbons (Fsp3) is 0.750. The summed E-state index contributed by atoms with van der Waals surface area (Å²) in [6.07, 6.45) is 6.01. The van der Waals surface area contributed by atoms with E-state index in [-0.39, 0.29) is 0 Å². The van der Waals surface area contributed by atoms with Crippen LogP contribution in [0.5, 0.6) is 0 Å². The van der Waals surface area contributed by atoms with Crippen molar-refractivity contribution in [1.82, 2.24) is 9.97 Å². The highest BCUT2D eigenvalue weighted by Crippen LogP contribution is 2.41. The minimum atomic E-state index is 0.503. The second kappa shape index (κ2) is 5.89. The van der Waals surface area contributed by atoms with Crippen LogP contribution >= 0.6 is 0 Å². The normalized spacial score (nSPS) is 19.4. The zero-order valence-electron chi connectivity index (χ0n) is 12.8. The van der Waals surface area contributed by atoms with E-state index in [0.717, 1.165) is 30.3 Å². The second-order valence-corrected chi connectivity index (χ2v) is 6.43. The van der Waals surface area contributed by atoms with Crippen LogP contribution in [0.2, 0.25) is 0 Å². The highest BCUT2D eigenvalue weighted by Gasteiger charge is 2.29. The Balaban J connectivity index is 2.17. The molecular weight excluding hydrogens is 234 g/mol. The summed E-state index contributed by atoms with van der Waals surface area (Å²) in [6, 6.07) is 2.08. The Morgan fingerprint density at radius 3 is 2.47 bits per heavy atom. The molecule has 1 fully saturated rings. The molecule has 1 aliphatic rings. The Bertz CT molecular complexity index is 416. The summed E-state index contributed by atoms with van der Waals surface area (Å²) < 4.78 is 0. The second-order valence-electron chi connectivity index (χ2n) is 6.43. The smallest absolute Gasteiger partial charge is 0.134 e. The van der Waals surface area contributed by atoms with Gasteiger partial charge in [0.15, 0.2) is 0 Å². The molecule has 0 unspecified atom stereocenters. The Labute approximate surface area is 117 Å². The molecule has 0 saturated heterocycles. The van der Waals surface area contributed by atoms with E-state index < -0.39 is 0 Å². The van der Waals surface area contributed by atoms with Gasteiger partial charge >= 0.3 is 0 Å². The largest absolute Gasteiger partial charge is 0.370 e. The Morgan fingerprint density at radius 2 is 1.89 bits per heavy atom. The molecule has 0 spiro atoms. The molecule has 3 heteroatoms. The number of nitrogens with zero attached hydrogens (tertiary/aromatic N) is 2. The van der Waals surface area contributed by atoms with Gasteiger partial charge in [-0.25, -0.2) is 9.97 Å². The van der Waals surface area contributed by atoms with E-state index in [4.69, 9.17) is 9.97 Å². The molecule has 0 aliphatic heterocycles. The van der Waals surface area contributed by atoms with Gasteiger partial charge in [0.25, 0.3) is 0 Å². The third kappa shape index (κ3) is 3.68. The van der Waals surface area contributed by atoms with Gasteiger partial charge in [-0.05, 0) is 44.4 Å². The van der Waals surface area contributed by atoms with E-state index in [2.05, 4.69) is 39.1 Å². The van der Waals surface area contributed by atoms with Gasteiger partial charge in [-0.1, -0.05) is 20.8 Å². The van der Waals surface area contributed by atoms with Crippen molar-refractivity contribution in [2.45, 2.75) is 65.7 Å². The van der Waals surface area contributed by atoms with Crippen LogP contribution in [0.3, 0.4) is 0 Å². The van der Waals surface area contributed by atoms with Gasteiger partial charge in [-0.3, -0.25) is 0 Å². The zero-order chi connectivity index (χ0) is 13.9. The standard InChI is InChI=1S/C16H27N3/c1-5-13-11-14(17-6-2)19-15(18-13)12-7-9-16(3,4)10-8-12/h11-12H,5-10H2,1-4H3,(H,17,18,19).